The second kappa shape index (κ2) is 5.32. The van der Waals surface area contributed by atoms with Crippen LogP contribution in [0.5, 0.6) is 0 Å². The molecule has 3 rings (SSSR count). The topological polar surface area (TPSA) is 80.9 Å². The van der Waals surface area contributed by atoms with Gasteiger partial charge >= 0.3 is 5.97 Å². The van der Waals surface area contributed by atoms with Gasteiger partial charge in [0.25, 0.3) is 0 Å². The Balaban J connectivity index is 1.69. The van der Waals surface area contributed by atoms with Crippen LogP contribution in [0.15, 0.2) is 17.5 Å². The van der Waals surface area contributed by atoms with Gasteiger partial charge in [-0.2, -0.15) is 0 Å². The third-order valence-corrected chi connectivity index (χ3v) is 4.86. The summed E-state index contributed by atoms with van der Waals surface area (Å²) in [5.41, 5.74) is -0.901. The smallest absolute Gasteiger partial charge is 0.331 e. The molecule has 2 aromatic heterocycles. The van der Waals surface area contributed by atoms with Gasteiger partial charge in [0, 0.05) is 11.3 Å². The molecule has 1 aliphatic rings. The number of aliphatic carboxylic acids is 1. The van der Waals surface area contributed by atoms with Gasteiger partial charge < -0.3 is 5.11 Å². The molecule has 7 heteroatoms. The van der Waals surface area contributed by atoms with E-state index >= 15 is 0 Å². The van der Waals surface area contributed by atoms with Gasteiger partial charge in [0.05, 0.1) is 0 Å². The van der Waals surface area contributed by atoms with Crippen LogP contribution in [0.1, 0.15) is 36.4 Å². The Morgan fingerprint density at radius 1 is 1.45 bits per heavy atom. The number of nitrogens with zero attached hydrogens (tertiary/aromatic N) is 4. The summed E-state index contributed by atoms with van der Waals surface area (Å²) in [6.45, 7) is 0. The van der Waals surface area contributed by atoms with Crippen molar-refractivity contribution in [1.29, 1.82) is 0 Å². The molecular weight excluding hydrogens is 276 g/mol. The molecule has 0 aliphatic heterocycles. The molecule has 2 heterocycles. The number of carbonyl (C=O) groups is 1. The molecule has 0 saturated heterocycles. The maximum Gasteiger partial charge on any atom is 0.331 e. The molecule has 0 aromatic carbocycles. The summed E-state index contributed by atoms with van der Waals surface area (Å²) in [5, 5.41) is 23.1. The molecule has 0 bridgehead atoms. The van der Waals surface area contributed by atoms with Crippen molar-refractivity contribution < 1.29 is 9.90 Å². The van der Waals surface area contributed by atoms with Gasteiger partial charge in [0.15, 0.2) is 11.4 Å². The van der Waals surface area contributed by atoms with Gasteiger partial charge in [-0.3, -0.25) is 0 Å². The van der Waals surface area contributed by atoms with Crippen LogP contribution in [-0.4, -0.2) is 31.3 Å². The number of thiophene rings is 1. The Morgan fingerprint density at radius 3 is 2.90 bits per heavy atom. The monoisotopic (exact) mass is 292 g/mol. The Hall–Kier alpha value is -1.76. The molecule has 0 amide bonds. The number of carboxylic acid groups (broad SMARTS) is 1. The highest BCUT2D eigenvalue weighted by atomic mass is 32.1. The molecule has 106 valence electrons. The average molecular weight is 292 g/mol. The van der Waals surface area contributed by atoms with Gasteiger partial charge in [0.2, 0.25) is 0 Å². The zero-order valence-electron chi connectivity index (χ0n) is 11.0. The Morgan fingerprint density at radius 2 is 2.30 bits per heavy atom. The van der Waals surface area contributed by atoms with E-state index < -0.39 is 11.5 Å². The lowest BCUT2D eigenvalue weighted by molar-refractivity contribution is -0.153. The number of rotatable bonds is 6. The first-order valence-electron chi connectivity index (χ1n) is 6.76. The number of carboxylic acids is 1. The van der Waals surface area contributed by atoms with Gasteiger partial charge in [-0.05, 0) is 54.0 Å². The number of hydrogen-bond donors (Lipinski definition) is 1. The minimum atomic E-state index is -0.901. The van der Waals surface area contributed by atoms with Gasteiger partial charge in [0.1, 0.15) is 0 Å². The van der Waals surface area contributed by atoms with Crippen molar-refractivity contribution in [3.8, 4) is 0 Å². The minimum absolute atomic E-state index is 0.616. The second-order valence-corrected chi connectivity index (χ2v) is 6.16. The Labute approximate surface area is 120 Å². The molecule has 1 saturated carbocycles. The number of tetrazole rings is 1. The summed E-state index contributed by atoms with van der Waals surface area (Å²) in [4.78, 5) is 12.8. The molecule has 6 nitrogen and oxygen atoms in total. The van der Waals surface area contributed by atoms with Crippen molar-refractivity contribution in [2.24, 2.45) is 0 Å². The molecule has 0 spiro atoms. The van der Waals surface area contributed by atoms with Crippen molar-refractivity contribution in [1.82, 2.24) is 20.2 Å². The normalized spacial score (nSPS) is 16.8. The summed E-state index contributed by atoms with van der Waals surface area (Å²) in [6.07, 6.45) is 4.76. The van der Waals surface area contributed by atoms with Crippen LogP contribution in [0.3, 0.4) is 0 Å². The summed E-state index contributed by atoms with van der Waals surface area (Å²) in [7, 11) is 0. The van der Waals surface area contributed by atoms with E-state index in [4.69, 9.17) is 0 Å². The van der Waals surface area contributed by atoms with E-state index in [-0.39, 0.29) is 0 Å². The molecule has 0 radical (unpaired) electrons. The van der Waals surface area contributed by atoms with E-state index in [0.717, 1.165) is 19.3 Å². The highest BCUT2D eigenvalue weighted by Gasteiger charge is 2.48. The Bertz CT molecular complexity index is 589. The Kier molecular flexibility index (Phi) is 3.52. The third-order valence-electron chi connectivity index (χ3n) is 3.92. The van der Waals surface area contributed by atoms with Crippen LogP contribution in [0.25, 0.3) is 0 Å². The van der Waals surface area contributed by atoms with Crippen LogP contribution < -0.4 is 0 Å². The molecule has 1 N–H and O–H groups in total. The maximum absolute atomic E-state index is 11.5. The average Bonchev–Trinajstić information content (AvgIpc) is 3.00. The van der Waals surface area contributed by atoms with E-state index in [1.807, 2.05) is 6.07 Å². The molecular formula is C13H16N4O2S. The zero-order valence-corrected chi connectivity index (χ0v) is 11.8. The quantitative estimate of drug-likeness (QED) is 0.879. The highest BCUT2D eigenvalue weighted by molar-refractivity contribution is 7.09. The van der Waals surface area contributed by atoms with Crippen LogP contribution in [0.4, 0.5) is 0 Å². The van der Waals surface area contributed by atoms with E-state index in [1.165, 1.54) is 9.56 Å². The SMILES string of the molecule is O=C(O)C1(n2nnnc2CCCc2cccs2)CCC1. The van der Waals surface area contributed by atoms with Gasteiger partial charge in [-0.25, -0.2) is 9.48 Å². The summed E-state index contributed by atoms with van der Waals surface area (Å²) < 4.78 is 1.53. The van der Waals surface area contributed by atoms with Crippen LogP contribution >= 0.6 is 11.3 Å². The lowest BCUT2D eigenvalue weighted by Gasteiger charge is -2.37. The number of aryl methyl sites for hydroxylation is 2. The summed E-state index contributed by atoms with van der Waals surface area (Å²) >= 11 is 1.74. The predicted molar refractivity (Wildman–Crippen MR) is 73.6 cm³/mol. The number of hydrogen-bond acceptors (Lipinski definition) is 5. The molecule has 2 aromatic rings. The summed E-state index contributed by atoms with van der Waals surface area (Å²) in [6, 6.07) is 4.15. The van der Waals surface area contributed by atoms with E-state index in [9.17, 15) is 9.90 Å². The fraction of sp³-hybridized carbons (Fsp3) is 0.538. The maximum atomic E-state index is 11.5. The van der Waals surface area contributed by atoms with Crippen molar-refractivity contribution in [3.63, 3.8) is 0 Å². The lowest BCUT2D eigenvalue weighted by atomic mass is 9.77. The van der Waals surface area contributed by atoms with Crippen LogP contribution in [0, 0.1) is 0 Å². The minimum Gasteiger partial charge on any atom is -0.479 e. The van der Waals surface area contributed by atoms with Gasteiger partial charge in [-0.15, -0.1) is 16.4 Å². The fourth-order valence-corrected chi connectivity index (χ4v) is 3.35. The first-order chi connectivity index (χ1) is 9.72. The molecule has 0 atom stereocenters. The molecule has 1 aliphatic carbocycles. The second-order valence-electron chi connectivity index (χ2n) is 5.13. The third kappa shape index (κ3) is 2.22. The zero-order chi connectivity index (χ0) is 14.0. The molecule has 20 heavy (non-hydrogen) atoms. The molecule has 0 unspecified atom stereocenters. The molecule has 1 fully saturated rings. The first-order valence-corrected chi connectivity index (χ1v) is 7.64. The first kappa shape index (κ1) is 13.2. The largest absolute Gasteiger partial charge is 0.479 e. The predicted octanol–water partition coefficient (Wildman–Crippen LogP) is 1.87. The van der Waals surface area contributed by atoms with Crippen LogP contribution in [-0.2, 0) is 23.2 Å². The highest BCUT2D eigenvalue weighted by Crippen LogP contribution is 2.39. The fourth-order valence-electron chi connectivity index (χ4n) is 2.60. The summed E-state index contributed by atoms with van der Waals surface area (Å²) in [5.74, 6) is -0.140. The van der Waals surface area contributed by atoms with E-state index in [1.54, 1.807) is 11.3 Å². The van der Waals surface area contributed by atoms with Crippen LogP contribution in [0.2, 0.25) is 0 Å². The van der Waals surface area contributed by atoms with Crippen molar-refractivity contribution in [3.05, 3.63) is 28.2 Å². The van der Waals surface area contributed by atoms with Gasteiger partial charge in [-0.1, -0.05) is 6.07 Å². The van der Waals surface area contributed by atoms with E-state index in [0.29, 0.717) is 25.1 Å². The lowest BCUT2D eigenvalue weighted by Crippen LogP contribution is -2.49. The van der Waals surface area contributed by atoms with Crippen molar-refractivity contribution in [2.75, 3.05) is 0 Å². The van der Waals surface area contributed by atoms with E-state index in [2.05, 4.69) is 27.0 Å². The standard InChI is InChI=1S/C13H16N4O2S/c18-12(19)13(7-3-8-13)17-11(14-15-16-17)6-1-4-10-5-2-9-20-10/h2,5,9H,1,3-4,6-8H2,(H,18,19). The van der Waals surface area contributed by atoms with Crippen molar-refractivity contribution in [2.45, 2.75) is 44.1 Å². The van der Waals surface area contributed by atoms with Crippen molar-refractivity contribution >= 4 is 17.3 Å². The number of aromatic nitrogens is 4.